The molecule has 4 rings (SSSR count). The van der Waals surface area contributed by atoms with Crippen LogP contribution in [-0.4, -0.2) is 28.4 Å². The molecule has 1 aromatic carbocycles. The lowest BCUT2D eigenvalue weighted by molar-refractivity contribution is 0.620. The van der Waals surface area contributed by atoms with Crippen LogP contribution in [0.25, 0.3) is 10.9 Å². The van der Waals surface area contributed by atoms with Gasteiger partial charge in [0.05, 0.1) is 21.6 Å². The molecule has 0 amide bonds. The second-order valence-electron chi connectivity index (χ2n) is 6.47. The zero-order valence-electron chi connectivity index (χ0n) is 12.8. The van der Waals surface area contributed by atoms with Gasteiger partial charge in [-0.2, -0.15) is 4.68 Å². The topological polar surface area (TPSA) is 99.3 Å². The smallest absolute Gasteiger partial charge is 0.350 e. The van der Waals surface area contributed by atoms with Gasteiger partial charge in [0.25, 0.3) is 5.56 Å². The normalized spacial score (nSPS) is 21.0. The van der Waals surface area contributed by atoms with Crippen LogP contribution >= 0.6 is 11.6 Å². The number of hydrogen-bond acceptors (Lipinski definition) is 5. The Morgan fingerprint density at radius 1 is 1.25 bits per heavy atom. The molecule has 0 radical (unpaired) electrons. The largest absolute Gasteiger partial charge is 0.366 e. The highest BCUT2D eigenvalue weighted by atomic mass is 35.5. The first kappa shape index (κ1) is 15.5. The minimum Gasteiger partial charge on any atom is -0.366 e. The van der Waals surface area contributed by atoms with Crippen molar-refractivity contribution in [1.82, 2.24) is 9.24 Å². The number of nitrogens with zero attached hydrogens (tertiary/aromatic N) is 3. The summed E-state index contributed by atoms with van der Waals surface area (Å²) in [7, 11) is 0. The fourth-order valence-corrected chi connectivity index (χ4v) is 3.78. The molecule has 128 valence electrons. The predicted molar refractivity (Wildman–Crippen MR) is 90.7 cm³/mol. The first-order chi connectivity index (χ1) is 11.4. The van der Waals surface area contributed by atoms with E-state index in [1.807, 2.05) is 0 Å². The highest BCUT2D eigenvalue weighted by Gasteiger charge is 2.32. The van der Waals surface area contributed by atoms with Crippen LogP contribution in [0.3, 0.4) is 0 Å². The number of hydrogen-bond donors (Lipinski definition) is 2. The Labute approximate surface area is 141 Å². The van der Waals surface area contributed by atoms with E-state index in [-0.39, 0.29) is 33.7 Å². The Morgan fingerprint density at radius 3 is 2.54 bits per heavy atom. The lowest BCUT2D eigenvalue weighted by Crippen LogP contribution is -2.44. The van der Waals surface area contributed by atoms with Gasteiger partial charge in [-0.1, -0.05) is 11.6 Å². The molecule has 0 spiro atoms. The summed E-state index contributed by atoms with van der Waals surface area (Å²) in [6.45, 7) is 1.05. The fraction of sp³-hybridized carbons (Fsp3) is 0.467. The van der Waals surface area contributed by atoms with Gasteiger partial charge in [0.2, 0.25) is 0 Å². The number of fused-ring (bicyclic) bond motifs is 1. The molecule has 2 heterocycles. The standard InChI is InChI=1S/C15H17ClFN5O2/c16-11-12-9(5-10(17)13(11)20-4-3-7(18)6-20)14(23)22(19)15(24)21(12)8-1-2-8/h5,7-8H,1-4,6,18-19H2. The zero-order chi connectivity index (χ0) is 17.2. The van der Waals surface area contributed by atoms with Crippen molar-refractivity contribution in [3.05, 3.63) is 37.7 Å². The molecule has 1 aliphatic carbocycles. The Morgan fingerprint density at radius 2 is 1.96 bits per heavy atom. The highest BCUT2D eigenvalue weighted by molar-refractivity contribution is 6.38. The molecule has 7 nitrogen and oxygen atoms in total. The van der Waals surface area contributed by atoms with E-state index in [0.717, 1.165) is 25.3 Å². The summed E-state index contributed by atoms with van der Waals surface area (Å²) in [5, 5.41) is 0.0829. The molecular formula is C15H17ClFN5O2. The SMILES string of the molecule is NC1CCN(c2c(F)cc3c(=O)n(N)c(=O)n(C4CC4)c3c2Cl)C1. The molecule has 9 heteroatoms. The molecule has 2 aromatic rings. The predicted octanol–water partition coefficient (Wildman–Crippen LogP) is 0.542. The van der Waals surface area contributed by atoms with Crippen molar-refractivity contribution in [2.24, 2.45) is 5.73 Å². The highest BCUT2D eigenvalue weighted by Crippen LogP contribution is 2.41. The number of halogens is 2. The van der Waals surface area contributed by atoms with Gasteiger partial charge in [-0.15, -0.1) is 0 Å². The van der Waals surface area contributed by atoms with Gasteiger partial charge >= 0.3 is 5.69 Å². The summed E-state index contributed by atoms with van der Waals surface area (Å²) >= 11 is 6.48. The van der Waals surface area contributed by atoms with Crippen LogP contribution < -0.4 is 27.7 Å². The van der Waals surface area contributed by atoms with E-state index < -0.39 is 17.1 Å². The van der Waals surface area contributed by atoms with Crippen LogP contribution in [0.5, 0.6) is 0 Å². The minimum atomic E-state index is -0.752. The van der Waals surface area contributed by atoms with Gasteiger partial charge in [0.15, 0.2) is 0 Å². The first-order valence-electron chi connectivity index (χ1n) is 7.85. The van der Waals surface area contributed by atoms with E-state index in [1.54, 1.807) is 4.90 Å². The first-order valence-corrected chi connectivity index (χ1v) is 8.22. The number of anilines is 1. The summed E-state index contributed by atoms with van der Waals surface area (Å²) < 4.78 is 16.6. The van der Waals surface area contributed by atoms with Crippen molar-refractivity contribution in [2.75, 3.05) is 23.8 Å². The number of rotatable bonds is 2. The third-order valence-corrected chi connectivity index (χ3v) is 5.08. The van der Waals surface area contributed by atoms with Crippen molar-refractivity contribution in [1.29, 1.82) is 0 Å². The van der Waals surface area contributed by atoms with Gasteiger partial charge in [0.1, 0.15) is 5.82 Å². The zero-order valence-corrected chi connectivity index (χ0v) is 13.6. The van der Waals surface area contributed by atoms with Crippen molar-refractivity contribution in [3.63, 3.8) is 0 Å². The van der Waals surface area contributed by atoms with E-state index >= 15 is 0 Å². The summed E-state index contributed by atoms with van der Waals surface area (Å²) in [5.74, 6) is 4.96. The molecule has 2 fully saturated rings. The molecule has 1 saturated heterocycles. The number of nitrogen functional groups attached to an aromatic ring is 1. The molecule has 4 N–H and O–H groups in total. The van der Waals surface area contributed by atoms with Crippen molar-refractivity contribution < 1.29 is 4.39 Å². The van der Waals surface area contributed by atoms with E-state index in [0.29, 0.717) is 17.8 Å². The van der Waals surface area contributed by atoms with Crippen molar-refractivity contribution in [2.45, 2.75) is 31.3 Å². The summed E-state index contributed by atoms with van der Waals surface area (Å²) in [5.41, 5.74) is 4.97. The second kappa shape index (κ2) is 5.22. The molecule has 1 saturated carbocycles. The minimum absolute atomic E-state index is 0.0127. The van der Waals surface area contributed by atoms with Crippen LogP contribution in [0.1, 0.15) is 25.3 Å². The molecule has 0 bridgehead atoms. The average molecular weight is 354 g/mol. The lowest BCUT2D eigenvalue weighted by atomic mass is 10.2. The van der Waals surface area contributed by atoms with Gasteiger partial charge < -0.3 is 16.5 Å². The monoisotopic (exact) mass is 353 g/mol. The molecule has 2 aliphatic rings. The maximum atomic E-state index is 14.7. The Hall–Kier alpha value is -2.06. The Bertz CT molecular complexity index is 965. The van der Waals surface area contributed by atoms with Crippen LogP contribution in [0, 0.1) is 5.82 Å². The molecule has 1 aromatic heterocycles. The van der Waals surface area contributed by atoms with Crippen LogP contribution in [0.4, 0.5) is 10.1 Å². The molecule has 1 aliphatic heterocycles. The quantitative estimate of drug-likeness (QED) is 0.768. The Kier molecular flexibility index (Phi) is 3.36. The summed E-state index contributed by atoms with van der Waals surface area (Å²) in [6.07, 6.45) is 2.32. The van der Waals surface area contributed by atoms with E-state index in [4.69, 9.17) is 23.2 Å². The van der Waals surface area contributed by atoms with E-state index in [1.165, 1.54) is 4.57 Å². The molecule has 1 atom stereocenters. The van der Waals surface area contributed by atoms with E-state index in [2.05, 4.69) is 0 Å². The average Bonchev–Trinajstić information content (AvgIpc) is 3.28. The number of nitrogens with two attached hydrogens (primary N) is 2. The summed E-state index contributed by atoms with van der Waals surface area (Å²) in [6, 6.07) is 0.996. The third kappa shape index (κ3) is 2.13. The number of aromatic nitrogens is 2. The molecule has 24 heavy (non-hydrogen) atoms. The van der Waals surface area contributed by atoms with Gasteiger partial charge in [-0.05, 0) is 25.3 Å². The van der Waals surface area contributed by atoms with Crippen molar-refractivity contribution in [3.8, 4) is 0 Å². The van der Waals surface area contributed by atoms with Crippen molar-refractivity contribution >= 4 is 28.2 Å². The van der Waals surface area contributed by atoms with Gasteiger partial charge in [0, 0.05) is 25.2 Å². The van der Waals surface area contributed by atoms with Crippen LogP contribution in [0.2, 0.25) is 5.02 Å². The van der Waals surface area contributed by atoms with Crippen LogP contribution in [-0.2, 0) is 0 Å². The van der Waals surface area contributed by atoms with Gasteiger partial charge in [-0.3, -0.25) is 9.36 Å². The number of benzene rings is 1. The molecule has 1 unspecified atom stereocenters. The maximum absolute atomic E-state index is 14.7. The molecular weight excluding hydrogens is 337 g/mol. The van der Waals surface area contributed by atoms with Gasteiger partial charge in [-0.25, -0.2) is 9.18 Å². The Balaban J connectivity index is 2.08. The summed E-state index contributed by atoms with van der Waals surface area (Å²) in [4.78, 5) is 26.5. The van der Waals surface area contributed by atoms with Crippen LogP contribution in [0.15, 0.2) is 15.7 Å². The third-order valence-electron chi connectivity index (χ3n) is 4.72. The van der Waals surface area contributed by atoms with E-state index in [9.17, 15) is 14.0 Å². The fourth-order valence-electron chi connectivity index (χ4n) is 3.38. The maximum Gasteiger partial charge on any atom is 0.350 e. The second-order valence-corrected chi connectivity index (χ2v) is 6.85. The lowest BCUT2D eigenvalue weighted by Gasteiger charge is -2.22.